The van der Waals surface area contributed by atoms with Gasteiger partial charge in [-0.05, 0) is 44.2 Å². The average molecular weight is 244 g/mol. The molecule has 0 bridgehead atoms. The van der Waals surface area contributed by atoms with Gasteiger partial charge < -0.3 is 9.64 Å². The van der Waals surface area contributed by atoms with Crippen LogP contribution >= 0.6 is 0 Å². The van der Waals surface area contributed by atoms with Crippen LogP contribution in [0.4, 0.5) is 0 Å². The highest BCUT2D eigenvalue weighted by atomic mass is 16.5. The fourth-order valence-electron chi connectivity index (χ4n) is 2.46. The van der Waals surface area contributed by atoms with Gasteiger partial charge in [-0.3, -0.25) is 0 Å². The molecule has 1 aromatic carbocycles. The van der Waals surface area contributed by atoms with Crippen molar-refractivity contribution in [2.24, 2.45) is 0 Å². The van der Waals surface area contributed by atoms with Crippen LogP contribution < -0.4 is 4.74 Å². The van der Waals surface area contributed by atoms with Crippen molar-refractivity contribution in [3.8, 4) is 11.8 Å². The Balaban J connectivity index is 1.72. The second-order valence-corrected chi connectivity index (χ2v) is 4.90. The summed E-state index contributed by atoms with van der Waals surface area (Å²) in [6.07, 6.45) is 5.39. The van der Waals surface area contributed by atoms with E-state index in [9.17, 15) is 0 Å². The third kappa shape index (κ3) is 3.48. The fourth-order valence-corrected chi connectivity index (χ4v) is 2.46. The van der Waals surface area contributed by atoms with E-state index in [1.54, 1.807) is 12.1 Å². The van der Waals surface area contributed by atoms with Crippen LogP contribution in [0.15, 0.2) is 24.3 Å². The molecular weight excluding hydrogens is 224 g/mol. The first-order chi connectivity index (χ1) is 8.79. The Kier molecular flexibility index (Phi) is 4.60. The van der Waals surface area contributed by atoms with E-state index in [2.05, 4.69) is 18.0 Å². The maximum atomic E-state index is 8.70. The smallest absolute Gasteiger partial charge is 0.119 e. The molecule has 18 heavy (non-hydrogen) atoms. The number of hydrogen-bond donors (Lipinski definition) is 0. The maximum Gasteiger partial charge on any atom is 0.119 e. The highest BCUT2D eigenvalue weighted by Crippen LogP contribution is 2.22. The van der Waals surface area contributed by atoms with Crippen LogP contribution in [0, 0.1) is 11.3 Å². The molecule has 0 aromatic heterocycles. The number of likely N-dealkylation sites (N-methyl/N-ethyl adjacent to an activating group) is 1. The minimum Gasteiger partial charge on any atom is -0.492 e. The van der Waals surface area contributed by atoms with Crippen molar-refractivity contribution in [3.05, 3.63) is 29.8 Å². The zero-order valence-electron chi connectivity index (χ0n) is 10.9. The minimum atomic E-state index is 0.672. The van der Waals surface area contributed by atoms with Gasteiger partial charge in [-0.15, -0.1) is 0 Å². The third-order valence-corrected chi connectivity index (χ3v) is 3.64. The van der Waals surface area contributed by atoms with Gasteiger partial charge in [0, 0.05) is 12.6 Å². The summed E-state index contributed by atoms with van der Waals surface area (Å²) in [5.41, 5.74) is 0.672. The average Bonchev–Trinajstić information content (AvgIpc) is 2.93. The standard InChI is InChI=1S/C15H20N2O/c1-17(14-4-2-3-5-14)10-11-18-15-8-6-13(12-16)7-9-15/h6-9,14H,2-5,10-11H2,1H3. The SMILES string of the molecule is CN(CCOc1ccc(C#N)cc1)C1CCCC1. The zero-order valence-corrected chi connectivity index (χ0v) is 10.9. The van der Waals surface area contributed by atoms with Gasteiger partial charge in [-0.2, -0.15) is 5.26 Å². The molecule has 0 spiro atoms. The molecule has 0 atom stereocenters. The molecule has 0 heterocycles. The van der Waals surface area contributed by atoms with E-state index in [1.807, 2.05) is 12.1 Å². The van der Waals surface area contributed by atoms with Gasteiger partial charge in [-0.1, -0.05) is 12.8 Å². The van der Waals surface area contributed by atoms with Gasteiger partial charge in [0.05, 0.1) is 11.6 Å². The predicted molar refractivity (Wildman–Crippen MR) is 71.5 cm³/mol. The summed E-state index contributed by atoms with van der Waals surface area (Å²) in [6.45, 7) is 1.67. The predicted octanol–water partition coefficient (Wildman–Crippen LogP) is 2.81. The Morgan fingerprint density at radius 2 is 1.94 bits per heavy atom. The topological polar surface area (TPSA) is 36.3 Å². The molecule has 0 amide bonds. The summed E-state index contributed by atoms with van der Waals surface area (Å²) in [6, 6.07) is 10.1. The Bertz CT molecular complexity index is 401. The van der Waals surface area contributed by atoms with Crippen LogP contribution in [0.2, 0.25) is 0 Å². The lowest BCUT2D eigenvalue weighted by molar-refractivity contribution is 0.193. The minimum absolute atomic E-state index is 0.672. The van der Waals surface area contributed by atoms with Crippen molar-refractivity contribution in [2.75, 3.05) is 20.2 Å². The number of benzene rings is 1. The van der Waals surface area contributed by atoms with Gasteiger partial charge in [0.1, 0.15) is 12.4 Å². The van der Waals surface area contributed by atoms with Crippen LogP contribution in [-0.4, -0.2) is 31.1 Å². The van der Waals surface area contributed by atoms with Crippen LogP contribution in [-0.2, 0) is 0 Å². The molecule has 3 heteroatoms. The van der Waals surface area contributed by atoms with Crippen molar-refractivity contribution in [2.45, 2.75) is 31.7 Å². The van der Waals surface area contributed by atoms with Gasteiger partial charge in [0.15, 0.2) is 0 Å². The molecule has 0 unspecified atom stereocenters. The van der Waals surface area contributed by atoms with E-state index in [0.29, 0.717) is 12.2 Å². The Morgan fingerprint density at radius 3 is 2.56 bits per heavy atom. The number of ether oxygens (including phenoxy) is 1. The second-order valence-electron chi connectivity index (χ2n) is 4.90. The van der Waals surface area contributed by atoms with Crippen LogP contribution in [0.25, 0.3) is 0 Å². The summed E-state index contributed by atoms with van der Waals surface area (Å²) in [5, 5.41) is 8.70. The Labute approximate surface area is 109 Å². The molecule has 0 N–H and O–H groups in total. The van der Waals surface area contributed by atoms with Crippen LogP contribution in [0.3, 0.4) is 0 Å². The van der Waals surface area contributed by atoms with Gasteiger partial charge >= 0.3 is 0 Å². The van der Waals surface area contributed by atoms with Crippen molar-refractivity contribution in [1.29, 1.82) is 5.26 Å². The zero-order chi connectivity index (χ0) is 12.8. The van der Waals surface area contributed by atoms with Crippen molar-refractivity contribution >= 4 is 0 Å². The van der Waals surface area contributed by atoms with Gasteiger partial charge in [-0.25, -0.2) is 0 Å². The first-order valence-corrected chi connectivity index (χ1v) is 6.63. The summed E-state index contributed by atoms with van der Waals surface area (Å²) >= 11 is 0. The van der Waals surface area contributed by atoms with Gasteiger partial charge in [0.25, 0.3) is 0 Å². The number of nitriles is 1. The number of nitrogens with zero attached hydrogens (tertiary/aromatic N) is 2. The number of hydrogen-bond acceptors (Lipinski definition) is 3. The van der Waals surface area contributed by atoms with Crippen molar-refractivity contribution < 1.29 is 4.74 Å². The molecular formula is C15H20N2O. The van der Waals surface area contributed by atoms with E-state index in [-0.39, 0.29) is 0 Å². The summed E-state index contributed by atoms with van der Waals surface area (Å²) in [5.74, 6) is 0.842. The molecule has 0 saturated heterocycles. The highest BCUT2D eigenvalue weighted by molar-refractivity contribution is 5.34. The molecule has 1 aromatic rings. The quantitative estimate of drug-likeness (QED) is 0.799. The molecule has 0 radical (unpaired) electrons. The molecule has 2 rings (SSSR count). The van der Waals surface area contributed by atoms with Crippen LogP contribution in [0.1, 0.15) is 31.2 Å². The van der Waals surface area contributed by atoms with Crippen molar-refractivity contribution in [3.63, 3.8) is 0 Å². The summed E-state index contributed by atoms with van der Waals surface area (Å²) in [4.78, 5) is 2.40. The summed E-state index contributed by atoms with van der Waals surface area (Å²) < 4.78 is 5.68. The molecule has 1 aliphatic rings. The fraction of sp³-hybridized carbons (Fsp3) is 0.533. The van der Waals surface area contributed by atoms with E-state index in [1.165, 1.54) is 25.7 Å². The monoisotopic (exact) mass is 244 g/mol. The van der Waals surface area contributed by atoms with Crippen LogP contribution in [0.5, 0.6) is 5.75 Å². The normalized spacial score (nSPS) is 15.8. The summed E-state index contributed by atoms with van der Waals surface area (Å²) in [7, 11) is 2.18. The second kappa shape index (κ2) is 6.42. The first kappa shape index (κ1) is 12.9. The van der Waals surface area contributed by atoms with E-state index < -0.39 is 0 Å². The lowest BCUT2D eigenvalue weighted by Crippen LogP contribution is -2.32. The lowest BCUT2D eigenvalue weighted by Gasteiger charge is -2.23. The maximum absolute atomic E-state index is 8.70. The molecule has 96 valence electrons. The molecule has 1 aliphatic carbocycles. The molecule has 1 saturated carbocycles. The molecule has 0 aliphatic heterocycles. The van der Waals surface area contributed by atoms with E-state index in [0.717, 1.165) is 18.3 Å². The highest BCUT2D eigenvalue weighted by Gasteiger charge is 2.18. The Morgan fingerprint density at radius 1 is 1.28 bits per heavy atom. The Hall–Kier alpha value is -1.53. The van der Waals surface area contributed by atoms with Gasteiger partial charge in [0.2, 0.25) is 0 Å². The first-order valence-electron chi connectivity index (χ1n) is 6.63. The lowest BCUT2D eigenvalue weighted by atomic mass is 10.2. The van der Waals surface area contributed by atoms with Crippen molar-refractivity contribution in [1.82, 2.24) is 4.90 Å². The third-order valence-electron chi connectivity index (χ3n) is 3.64. The number of rotatable bonds is 5. The molecule has 1 fully saturated rings. The van der Waals surface area contributed by atoms with E-state index >= 15 is 0 Å². The molecule has 3 nitrogen and oxygen atoms in total. The largest absolute Gasteiger partial charge is 0.492 e. The van der Waals surface area contributed by atoms with E-state index in [4.69, 9.17) is 10.00 Å².